The van der Waals surface area contributed by atoms with Crippen LogP contribution < -0.4 is 4.87 Å². The zero-order chi connectivity index (χ0) is 11.1. The quantitative estimate of drug-likeness (QED) is 0.663. The molecular formula is C12H10N2OS. The molecule has 0 spiro atoms. The number of nitrogens with one attached hydrogen (secondary N) is 2. The summed E-state index contributed by atoms with van der Waals surface area (Å²) in [6.07, 6.45) is 0. The molecule has 0 aliphatic heterocycles. The summed E-state index contributed by atoms with van der Waals surface area (Å²) in [5.74, 6) is 0. The predicted molar refractivity (Wildman–Crippen MR) is 67.0 cm³/mol. The van der Waals surface area contributed by atoms with Crippen molar-refractivity contribution < 1.29 is 0 Å². The molecule has 1 aromatic carbocycles. The van der Waals surface area contributed by atoms with Crippen molar-refractivity contribution in [3.8, 4) is 11.3 Å². The van der Waals surface area contributed by atoms with Crippen LogP contribution in [0, 0.1) is 6.92 Å². The van der Waals surface area contributed by atoms with Crippen LogP contribution in [0.5, 0.6) is 0 Å². The molecule has 0 bridgehead atoms. The van der Waals surface area contributed by atoms with E-state index in [4.69, 9.17) is 0 Å². The van der Waals surface area contributed by atoms with Gasteiger partial charge < -0.3 is 9.97 Å². The van der Waals surface area contributed by atoms with Gasteiger partial charge in [-0.05, 0) is 13.0 Å². The average Bonchev–Trinajstić information content (AvgIpc) is 2.80. The lowest BCUT2D eigenvalue weighted by atomic mass is 10.1. The Hall–Kier alpha value is -1.81. The fraction of sp³-hybridized carbons (Fsp3) is 0.0833. The number of aromatic nitrogens is 2. The lowest BCUT2D eigenvalue weighted by Crippen LogP contribution is -1.92. The number of hydrogen-bond acceptors (Lipinski definition) is 2. The third-order valence-corrected chi connectivity index (χ3v) is 3.35. The smallest absolute Gasteiger partial charge is 0.304 e. The second-order valence-corrected chi connectivity index (χ2v) is 4.57. The number of benzene rings is 1. The van der Waals surface area contributed by atoms with E-state index in [1.54, 1.807) is 0 Å². The van der Waals surface area contributed by atoms with Gasteiger partial charge in [0.1, 0.15) is 0 Å². The van der Waals surface area contributed by atoms with Crippen molar-refractivity contribution in [1.29, 1.82) is 0 Å². The molecule has 80 valence electrons. The molecule has 0 saturated heterocycles. The maximum Gasteiger partial charge on any atom is 0.304 e. The van der Waals surface area contributed by atoms with E-state index >= 15 is 0 Å². The third-order valence-electron chi connectivity index (χ3n) is 2.68. The molecule has 2 N–H and O–H groups in total. The van der Waals surface area contributed by atoms with Crippen molar-refractivity contribution in [2.75, 3.05) is 0 Å². The standard InChI is InChI=1S/C12H10N2OS/c1-7-11(10-6-16-12(15)14-10)8-4-2-3-5-9(8)13-7/h2-6,13H,1H3,(H,14,15). The monoisotopic (exact) mass is 230 g/mol. The minimum atomic E-state index is -0.0142. The van der Waals surface area contributed by atoms with Crippen LogP contribution in [0.15, 0.2) is 34.4 Å². The maximum atomic E-state index is 11.2. The number of aryl methyl sites for hydroxylation is 1. The molecule has 3 nitrogen and oxygen atoms in total. The van der Waals surface area contributed by atoms with Crippen LogP contribution >= 0.6 is 11.3 Å². The normalized spacial score (nSPS) is 11.1. The zero-order valence-corrected chi connectivity index (χ0v) is 9.52. The van der Waals surface area contributed by atoms with Gasteiger partial charge in [-0.25, -0.2) is 0 Å². The fourth-order valence-corrected chi connectivity index (χ4v) is 2.60. The fourth-order valence-electron chi connectivity index (χ4n) is 2.03. The van der Waals surface area contributed by atoms with E-state index in [1.807, 2.05) is 30.5 Å². The molecule has 0 amide bonds. The molecule has 0 aliphatic carbocycles. The first-order valence-corrected chi connectivity index (χ1v) is 5.89. The molecular weight excluding hydrogens is 220 g/mol. The lowest BCUT2D eigenvalue weighted by molar-refractivity contribution is 1.27. The van der Waals surface area contributed by atoms with E-state index in [-0.39, 0.29) is 4.87 Å². The number of para-hydroxylation sites is 1. The summed E-state index contributed by atoms with van der Waals surface area (Å²) in [4.78, 5) is 17.3. The third kappa shape index (κ3) is 1.31. The lowest BCUT2D eigenvalue weighted by Gasteiger charge is -1.96. The first kappa shape index (κ1) is 9.42. The van der Waals surface area contributed by atoms with Gasteiger partial charge in [0.25, 0.3) is 0 Å². The van der Waals surface area contributed by atoms with Crippen molar-refractivity contribution in [2.24, 2.45) is 0 Å². The molecule has 0 aliphatic rings. The van der Waals surface area contributed by atoms with Crippen LogP contribution in [0.3, 0.4) is 0 Å². The van der Waals surface area contributed by atoms with Crippen molar-refractivity contribution in [2.45, 2.75) is 6.92 Å². The number of aromatic amines is 2. The molecule has 0 unspecified atom stereocenters. The van der Waals surface area contributed by atoms with Crippen molar-refractivity contribution >= 4 is 22.2 Å². The number of fused-ring (bicyclic) bond motifs is 1. The highest BCUT2D eigenvalue weighted by Gasteiger charge is 2.11. The Morgan fingerprint density at radius 2 is 2.00 bits per heavy atom. The summed E-state index contributed by atoms with van der Waals surface area (Å²) in [5, 5.41) is 3.01. The average molecular weight is 230 g/mol. The van der Waals surface area contributed by atoms with Gasteiger partial charge in [0.2, 0.25) is 0 Å². The summed E-state index contributed by atoms with van der Waals surface area (Å²) in [5.41, 5.74) is 4.16. The van der Waals surface area contributed by atoms with E-state index < -0.39 is 0 Å². The highest BCUT2D eigenvalue weighted by atomic mass is 32.1. The van der Waals surface area contributed by atoms with Crippen LogP contribution in [0.25, 0.3) is 22.2 Å². The Bertz CT molecular complexity index is 705. The first-order valence-electron chi connectivity index (χ1n) is 5.01. The van der Waals surface area contributed by atoms with Crippen LogP contribution in [-0.4, -0.2) is 9.97 Å². The molecule has 16 heavy (non-hydrogen) atoms. The van der Waals surface area contributed by atoms with Gasteiger partial charge in [-0.2, -0.15) is 0 Å². The Kier molecular flexibility index (Phi) is 1.97. The second kappa shape index (κ2) is 3.35. The Labute approximate surface area is 95.8 Å². The van der Waals surface area contributed by atoms with Crippen LogP contribution in [0.1, 0.15) is 5.69 Å². The van der Waals surface area contributed by atoms with Crippen molar-refractivity contribution in [3.63, 3.8) is 0 Å². The van der Waals surface area contributed by atoms with E-state index in [1.165, 1.54) is 11.3 Å². The second-order valence-electron chi connectivity index (χ2n) is 3.73. The molecule has 0 saturated carbocycles. The van der Waals surface area contributed by atoms with Crippen molar-refractivity contribution in [1.82, 2.24) is 9.97 Å². The summed E-state index contributed by atoms with van der Waals surface area (Å²) in [7, 11) is 0. The van der Waals surface area contributed by atoms with E-state index in [2.05, 4.69) is 16.0 Å². The minimum Gasteiger partial charge on any atom is -0.358 e. The Morgan fingerprint density at radius 1 is 1.19 bits per heavy atom. The minimum absolute atomic E-state index is 0.0142. The number of hydrogen-bond donors (Lipinski definition) is 2. The first-order chi connectivity index (χ1) is 7.75. The van der Waals surface area contributed by atoms with Gasteiger partial charge in [0, 0.05) is 27.5 Å². The maximum absolute atomic E-state index is 11.2. The molecule has 0 atom stereocenters. The summed E-state index contributed by atoms with van der Waals surface area (Å²) < 4.78 is 0. The highest BCUT2D eigenvalue weighted by Crippen LogP contribution is 2.30. The summed E-state index contributed by atoms with van der Waals surface area (Å²) in [6, 6.07) is 8.10. The molecule has 3 aromatic rings. The van der Waals surface area contributed by atoms with Crippen LogP contribution in [-0.2, 0) is 0 Å². The molecule has 2 aromatic heterocycles. The topological polar surface area (TPSA) is 48.6 Å². The van der Waals surface area contributed by atoms with E-state index in [0.29, 0.717) is 0 Å². The van der Waals surface area contributed by atoms with E-state index in [9.17, 15) is 4.79 Å². The van der Waals surface area contributed by atoms with Gasteiger partial charge in [-0.15, -0.1) is 0 Å². The summed E-state index contributed by atoms with van der Waals surface area (Å²) in [6.45, 7) is 2.02. The molecule has 3 rings (SSSR count). The van der Waals surface area contributed by atoms with Gasteiger partial charge in [-0.3, -0.25) is 4.79 Å². The largest absolute Gasteiger partial charge is 0.358 e. The van der Waals surface area contributed by atoms with Crippen LogP contribution in [0.4, 0.5) is 0 Å². The van der Waals surface area contributed by atoms with Gasteiger partial charge >= 0.3 is 4.87 Å². The van der Waals surface area contributed by atoms with Crippen molar-refractivity contribution in [3.05, 3.63) is 45.0 Å². The molecule has 0 radical (unpaired) electrons. The SMILES string of the molecule is Cc1[nH]c2ccccc2c1-c1csc(=O)[nH]1. The Balaban J connectivity index is 2.38. The van der Waals surface area contributed by atoms with Gasteiger partial charge in [0.05, 0.1) is 5.69 Å². The van der Waals surface area contributed by atoms with E-state index in [0.717, 1.165) is 27.9 Å². The molecule has 4 heteroatoms. The predicted octanol–water partition coefficient (Wildman–Crippen LogP) is 2.89. The number of rotatable bonds is 1. The summed E-state index contributed by atoms with van der Waals surface area (Å²) >= 11 is 1.19. The number of H-pyrrole nitrogens is 2. The number of thiazole rings is 1. The van der Waals surface area contributed by atoms with Crippen LogP contribution in [0.2, 0.25) is 0 Å². The van der Waals surface area contributed by atoms with Gasteiger partial charge in [0.15, 0.2) is 0 Å². The highest BCUT2D eigenvalue weighted by molar-refractivity contribution is 7.07. The Morgan fingerprint density at radius 3 is 2.75 bits per heavy atom. The molecule has 2 heterocycles. The molecule has 0 fully saturated rings. The van der Waals surface area contributed by atoms with Gasteiger partial charge in [-0.1, -0.05) is 29.5 Å². The zero-order valence-electron chi connectivity index (χ0n) is 8.70.